The maximum atomic E-state index is 4.57. The van der Waals surface area contributed by atoms with E-state index in [1.165, 1.54) is 55.3 Å². The summed E-state index contributed by atoms with van der Waals surface area (Å²) in [5.74, 6) is 0. The molecule has 2 nitrogen and oxygen atoms in total. The molecule has 0 aliphatic rings. The van der Waals surface area contributed by atoms with Crippen LogP contribution in [-0.4, -0.2) is 9.55 Å². The Bertz CT molecular complexity index is 799. The van der Waals surface area contributed by atoms with Crippen molar-refractivity contribution in [3.8, 4) is 0 Å². The lowest BCUT2D eigenvalue weighted by atomic mass is 10.1. The van der Waals surface area contributed by atoms with Gasteiger partial charge in [-0.3, -0.25) is 0 Å². The first kappa shape index (κ1) is 17.5. The maximum absolute atomic E-state index is 4.57. The number of allylic oxidation sites excluding steroid dienone is 1. The van der Waals surface area contributed by atoms with Gasteiger partial charge in [-0.15, -0.1) is 0 Å². The molecule has 0 amide bonds. The highest BCUT2D eigenvalue weighted by atomic mass is 15.1. The standard InChI is InChI=1S/C23H28N2/c1-2-3-4-5-6-10-15-21(18-20-13-8-7-9-14-20)25-19-24-22-16-11-12-17-23(22)25/h7-9,11-14,16-19H,2-6,10,15H2,1H3/b21-18-. The predicted octanol–water partition coefficient (Wildman–Crippen LogP) is 6.79. The summed E-state index contributed by atoms with van der Waals surface area (Å²) in [6.07, 6.45) is 13.3. The maximum Gasteiger partial charge on any atom is 0.100 e. The summed E-state index contributed by atoms with van der Waals surface area (Å²) in [7, 11) is 0. The molecule has 0 unspecified atom stereocenters. The van der Waals surface area contributed by atoms with Crippen LogP contribution in [0.4, 0.5) is 0 Å². The minimum absolute atomic E-state index is 1.06. The Morgan fingerprint density at radius 1 is 0.880 bits per heavy atom. The molecule has 1 heterocycles. The van der Waals surface area contributed by atoms with Gasteiger partial charge in [-0.2, -0.15) is 0 Å². The molecule has 0 saturated heterocycles. The average Bonchev–Trinajstić information content (AvgIpc) is 3.08. The van der Waals surface area contributed by atoms with Crippen LogP contribution in [0.25, 0.3) is 22.8 Å². The highest BCUT2D eigenvalue weighted by Crippen LogP contribution is 2.24. The molecule has 0 bridgehead atoms. The Hall–Kier alpha value is -2.35. The molecule has 0 aliphatic heterocycles. The van der Waals surface area contributed by atoms with Crippen molar-refractivity contribution in [2.75, 3.05) is 0 Å². The van der Waals surface area contributed by atoms with Crippen LogP contribution < -0.4 is 0 Å². The van der Waals surface area contributed by atoms with E-state index in [-0.39, 0.29) is 0 Å². The quantitative estimate of drug-likeness (QED) is 0.395. The van der Waals surface area contributed by atoms with Gasteiger partial charge in [0.25, 0.3) is 0 Å². The number of aromatic nitrogens is 2. The fraction of sp³-hybridized carbons (Fsp3) is 0.348. The van der Waals surface area contributed by atoms with Crippen LogP contribution in [0.3, 0.4) is 0 Å². The summed E-state index contributed by atoms with van der Waals surface area (Å²) < 4.78 is 2.26. The molecule has 3 aromatic rings. The zero-order chi connectivity index (χ0) is 17.3. The fourth-order valence-electron chi connectivity index (χ4n) is 3.28. The zero-order valence-electron chi connectivity index (χ0n) is 15.2. The second kappa shape index (κ2) is 9.22. The van der Waals surface area contributed by atoms with Crippen LogP contribution in [0.15, 0.2) is 60.9 Å². The molecule has 0 N–H and O–H groups in total. The van der Waals surface area contributed by atoms with Gasteiger partial charge in [-0.1, -0.05) is 81.5 Å². The summed E-state index contributed by atoms with van der Waals surface area (Å²) in [5.41, 5.74) is 4.83. The monoisotopic (exact) mass is 332 g/mol. The molecular weight excluding hydrogens is 304 g/mol. The van der Waals surface area contributed by atoms with E-state index < -0.39 is 0 Å². The summed E-state index contributed by atoms with van der Waals surface area (Å²) in [4.78, 5) is 4.57. The Labute approximate surface area is 151 Å². The molecule has 0 fully saturated rings. The highest BCUT2D eigenvalue weighted by Gasteiger charge is 2.07. The number of rotatable bonds is 9. The third-order valence-corrected chi connectivity index (χ3v) is 4.68. The lowest BCUT2D eigenvalue weighted by molar-refractivity contribution is 0.611. The van der Waals surface area contributed by atoms with Crippen molar-refractivity contribution in [3.05, 3.63) is 66.5 Å². The van der Waals surface area contributed by atoms with E-state index in [4.69, 9.17) is 0 Å². The molecule has 0 spiro atoms. The SMILES string of the molecule is CCCCCCCC/C(=C/c1ccccc1)n1cnc2ccccc21. The van der Waals surface area contributed by atoms with E-state index in [9.17, 15) is 0 Å². The molecule has 0 atom stereocenters. The lowest BCUT2D eigenvalue weighted by Crippen LogP contribution is -1.96. The van der Waals surface area contributed by atoms with Gasteiger partial charge in [0.1, 0.15) is 6.33 Å². The van der Waals surface area contributed by atoms with E-state index in [0.717, 1.165) is 11.9 Å². The Morgan fingerprint density at radius 3 is 2.44 bits per heavy atom. The van der Waals surface area contributed by atoms with Crippen LogP contribution >= 0.6 is 0 Å². The molecule has 3 rings (SSSR count). The van der Waals surface area contributed by atoms with Crippen molar-refractivity contribution >= 4 is 22.8 Å². The minimum Gasteiger partial charge on any atom is -0.303 e. The molecule has 0 saturated carbocycles. The third-order valence-electron chi connectivity index (χ3n) is 4.68. The number of fused-ring (bicyclic) bond motifs is 1. The van der Waals surface area contributed by atoms with Crippen LogP contribution in [-0.2, 0) is 0 Å². The second-order valence-corrected chi connectivity index (χ2v) is 6.67. The van der Waals surface area contributed by atoms with Crippen molar-refractivity contribution in [1.82, 2.24) is 9.55 Å². The number of imidazole rings is 1. The minimum atomic E-state index is 1.06. The van der Waals surface area contributed by atoms with Gasteiger partial charge in [-0.05, 0) is 36.6 Å². The zero-order valence-corrected chi connectivity index (χ0v) is 15.2. The van der Waals surface area contributed by atoms with Crippen molar-refractivity contribution in [1.29, 1.82) is 0 Å². The highest BCUT2D eigenvalue weighted by molar-refractivity contribution is 5.82. The topological polar surface area (TPSA) is 17.8 Å². The van der Waals surface area contributed by atoms with Gasteiger partial charge in [0.2, 0.25) is 0 Å². The van der Waals surface area contributed by atoms with Crippen molar-refractivity contribution < 1.29 is 0 Å². The number of nitrogens with zero attached hydrogens (tertiary/aromatic N) is 2. The normalized spacial score (nSPS) is 12.0. The van der Waals surface area contributed by atoms with Crippen molar-refractivity contribution in [2.45, 2.75) is 51.9 Å². The van der Waals surface area contributed by atoms with E-state index in [1.54, 1.807) is 0 Å². The Morgan fingerprint density at radius 2 is 1.60 bits per heavy atom. The molecule has 0 aliphatic carbocycles. The molecule has 130 valence electrons. The first-order chi connectivity index (χ1) is 12.4. The Kier molecular flexibility index (Phi) is 6.44. The van der Waals surface area contributed by atoms with Crippen molar-refractivity contribution in [3.63, 3.8) is 0 Å². The van der Waals surface area contributed by atoms with Gasteiger partial charge in [0.15, 0.2) is 0 Å². The number of hydrogen-bond acceptors (Lipinski definition) is 1. The number of unbranched alkanes of at least 4 members (excludes halogenated alkanes) is 5. The molecular formula is C23H28N2. The average molecular weight is 332 g/mol. The van der Waals surface area contributed by atoms with Gasteiger partial charge >= 0.3 is 0 Å². The molecule has 25 heavy (non-hydrogen) atoms. The van der Waals surface area contributed by atoms with Crippen LogP contribution in [0.1, 0.15) is 57.4 Å². The summed E-state index contributed by atoms with van der Waals surface area (Å²) in [5, 5.41) is 0. The number of hydrogen-bond donors (Lipinski definition) is 0. The van der Waals surface area contributed by atoms with Crippen LogP contribution in [0.2, 0.25) is 0 Å². The molecule has 0 radical (unpaired) electrons. The van der Waals surface area contributed by atoms with Gasteiger partial charge in [-0.25, -0.2) is 4.98 Å². The molecule has 2 aromatic carbocycles. The van der Waals surface area contributed by atoms with Crippen LogP contribution in [0, 0.1) is 0 Å². The van der Waals surface area contributed by atoms with Gasteiger partial charge in [0.05, 0.1) is 11.0 Å². The van der Waals surface area contributed by atoms with Crippen LogP contribution in [0.5, 0.6) is 0 Å². The Balaban J connectivity index is 1.79. The van der Waals surface area contributed by atoms with Crippen molar-refractivity contribution in [2.24, 2.45) is 0 Å². The number of para-hydroxylation sites is 2. The first-order valence-corrected chi connectivity index (χ1v) is 9.56. The summed E-state index contributed by atoms with van der Waals surface area (Å²) in [6.45, 7) is 2.27. The molecule has 2 heteroatoms. The first-order valence-electron chi connectivity index (χ1n) is 9.56. The van der Waals surface area contributed by atoms with E-state index in [2.05, 4.69) is 71.1 Å². The number of benzene rings is 2. The van der Waals surface area contributed by atoms with E-state index in [0.29, 0.717) is 0 Å². The largest absolute Gasteiger partial charge is 0.303 e. The third kappa shape index (κ3) is 4.82. The molecule has 1 aromatic heterocycles. The van der Waals surface area contributed by atoms with Gasteiger partial charge < -0.3 is 4.57 Å². The second-order valence-electron chi connectivity index (χ2n) is 6.67. The lowest BCUT2D eigenvalue weighted by Gasteiger charge is -2.11. The summed E-state index contributed by atoms with van der Waals surface area (Å²) in [6, 6.07) is 19.0. The summed E-state index contributed by atoms with van der Waals surface area (Å²) >= 11 is 0. The fourth-order valence-corrected chi connectivity index (χ4v) is 3.28. The predicted molar refractivity (Wildman–Crippen MR) is 108 cm³/mol. The van der Waals surface area contributed by atoms with Gasteiger partial charge in [0, 0.05) is 5.70 Å². The van der Waals surface area contributed by atoms with E-state index in [1.807, 2.05) is 12.4 Å². The van der Waals surface area contributed by atoms with E-state index >= 15 is 0 Å². The smallest absolute Gasteiger partial charge is 0.100 e.